The molecule has 2 N–H and O–H groups in total. The van der Waals surface area contributed by atoms with Gasteiger partial charge < -0.3 is 19.7 Å². The third kappa shape index (κ3) is 4.83. The van der Waals surface area contributed by atoms with E-state index in [4.69, 9.17) is 9.72 Å². The Morgan fingerprint density at radius 3 is 2.64 bits per heavy atom. The Balaban J connectivity index is 1.41. The number of carbonyl (C=O) groups excluding carboxylic acids is 3. The zero-order chi connectivity index (χ0) is 31.7. The summed E-state index contributed by atoms with van der Waals surface area (Å²) in [5, 5.41) is 15.2. The summed E-state index contributed by atoms with van der Waals surface area (Å²) in [7, 11) is 0. The molecule has 1 aliphatic carbocycles. The Kier molecular flexibility index (Phi) is 7.26. The van der Waals surface area contributed by atoms with Crippen molar-refractivity contribution in [3.05, 3.63) is 61.7 Å². The molecule has 0 saturated heterocycles. The first-order chi connectivity index (χ1) is 20.7. The SMILES string of the molecule is CC[C@@]1(O)C(=O)OCc2c1cc1n(c2=O)Cc2c-1nc1cc(F)c(C)c3c1c2[C@@H](NC(=O)CCCC(=O)CC(C)(C)C)CC3. The van der Waals surface area contributed by atoms with Gasteiger partial charge in [0.25, 0.3) is 5.56 Å². The largest absolute Gasteiger partial charge is 0.458 e. The fourth-order valence-electron chi connectivity index (χ4n) is 7.09. The first-order valence-corrected chi connectivity index (χ1v) is 15.4. The van der Waals surface area contributed by atoms with Crippen molar-refractivity contribution in [1.82, 2.24) is 14.9 Å². The summed E-state index contributed by atoms with van der Waals surface area (Å²) in [4.78, 5) is 56.7. The lowest BCUT2D eigenvalue weighted by molar-refractivity contribution is -0.172. The molecule has 0 saturated carbocycles. The summed E-state index contributed by atoms with van der Waals surface area (Å²) in [5.74, 6) is -1.22. The van der Waals surface area contributed by atoms with Crippen LogP contribution in [0.1, 0.15) is 106 Å². The highest BCUT2D eigenvalue weighted by atomic mass is 19.1. The number of aliphatic hydroxyl groups is 1. The highest BCUT2D eigenvalue weighted by Crippen LogP contribution is 2.46. The lowest BCUT2D eigenvalue weighted by Crippen LogP contribution is -2.44. The van der Waals surface area contributed by atoms with Crippen LogP contribution in [-0.4, -0.2) is 32.3 Å². The molecule has 2 atom stereocenters. The molecular weight excluding hydrogens is 565 g/mol. The number of amides is 1. The number of carbonyl (C=O) groups is 3. The van der Waals surface area contributed by atoms with E-state index in [0.29, 0.717) is 54.6 Å². The van der Waals surface area contributed by atoms with Gasteiger partial charge in [-0.25, -0.2) is 14.2 Å². The van der Waals surface area contributed by atoms with Crippen LogP contribution in [-0.2, 0) is 44.3 Å². The van der Waals surface area contributed by atoms with Crippen LogP contribution in [0.5, 0.6) is 0 Å². The second-order valence-corrected chi connectivity index (χ2v) is 13.6. The number of nitrogens with one attached hydrogen (secondary N) is 1. The van der Waals surface area contributed by atoms with Crippen LogP contribution in [0.3, 0.4) is 0 Å². The summed E-state index contributed by atoms with van der Waals surface area (Å²) in [6.45, 7) is 9.36. The second kappa shape index (κ2) is 10.6. The van der Waals surface area contributed by atoms with Crippen molar-refractivity contribution in [2.75, 3.05) is 0 Å². The summed E-state index contributed by atoms with van der Waals surface area (Å²) in [6, 6.07) is 2.62. The van der Waals surface area contributed by atoms with Crippen LogP contribution in [0.2, 0.25) is 0 Å². The lowest BCUT2D eigenvalue weighted by Gasteiger charge is -2.31. The van der Waals surface area contributed by atoms with E-state index in [1.54, 1.807) is 24.5 Å². The van der Waals surface area contributed by atoms with Gasteiger partial charge in [0.2, 0.25) is 5.91 Å². The van der Waals surface area contributed by atoms with Crippen molar-refractivity contribution >= 4 is 28.6 Å². The number of Topliss-reactive ketones (excluding diaryl/α,β-unsaturated/α-hetero) is 1. The van der Waals surface area contributed by atoms with Gasteiger partial charge in [0.05, 0.1) is 35.1 Å². The molecule has 2 aliphatic heterocycles. The van der Waals surface area contributed by atoms with Gasteiger partial charge in [-0.3, -0.25) is 14.4 Å². The number of esters is 1. The summed E-state index contributed by atoms with van der Waals surface area (Å²) < 4.78 is 21.9. The predicted molar refractivity (Wildman–Crippen MR) is 161 cm³/mol. The van der Waals surface area contributed by atoms with E-state index in [9.17, 15) is 24.3 Å². The van der Waals surface area contributed by atoms with Crippen LogP contribution in [0.25, 0.3) is 22.3 Å². The maximum Gasteiger partial charge on any atom is 0.343 e. The molecule has 232 valence electrons. The average molecular weight is 604 g/mol. The van der Waals surface area contributed by atoms with Gasteiger partial charge in [-0.05, 0) is 60.8 Å². The number of hydrogen-bond acceptors (Lipinski definition) is 7. The smallest absolute Gasteiger partial charge is 0.343 e. The molecule has 1 aromatic carbocycles. The molecule has 2 aromatic heterocycles. The Bertz CT molecular complexity index is 1820. The molecule has 1 amide bonds. The molecule has 3 aliphatic rings. The highest BCUT2D eigenvalue weighted by Gasteiger charge is 2.46. The maximum atomic E-state index is 15.1. The number of aromatic nitrogens is 2. The Labute approximate surface area is 254 Å². The molecule has 6 rings (SSSR count). The van der Waals surface area contributed by atoms with Gasteiger partial charge in [-0.1, -0.05) is 27.7 Å². The van der Waals surface area contributed by atoms with Gasteiger partial charge in [-0.2, -0.15) is 0 Å². The molecule has 0 fully saturated rings. The third-order valence-corrected chi connectivity index (χ3v) is 9.30. The van der Waals surface area contributed by atoms with Crippen molar-refractivity contribution in [1.29, 1.82) is 0 Å². The van der Waals surface area contributed by atoms with E-state index in [2.05, 4.69) is 5.32 Å². The van der Waals surface area contributed by atoms with E-state index >= 15 is 4.39 Å². The molecule has 0 radical (unpaired) electrons. The molecule has 44 heavy (non-hydrogen) atoms. The number of fused-ring (bicyclic) bond motifs is 5. The molecule has 9 nitrogen and oxygen atoms in total. The quantitative estimate of drug-likeness (QED) is 0.290. The molecule has 3 aromatic rings. The van der Waals surface area contributed by atoms with Crippen LogP contribution in [0.4, 0.5) is 4.39 Å². The molecule has 4 heterocycles. The normalized spacial score (nSPS) is 20.2. The average Bonchev–Trinajstić information content (AvgIpc) is 3.32. The number of aryl methyl sites for hydroxylation is 1. The number of ketones is 1. The fraction of sp³-hybridized carbons (Fsp3) is 0.500. The second-order valence-electron chi connectivity index (χ2n) is 13.6. The van der Waals surface area contributed by atoms with E-state index in [1.807, 2.05) is 20.8 Å². The lowest BCUT2D eigenvalue weighted by atomic mass is 9.81. The number of ether oxygens (including phenoxy) is 1. The third-order valence-electron chi connectivity index (χ3n) is 9.30. The Hall–Kier alpha value is -3.92. The van der Waals surface area contributed by atoms with Crippen LogP contribution in [0.15, 0.2) is 16.9 Å². The van der Waals surface area contributed by atoms with Crippen LogP contribution >= 0.6 is 0 Å². The van der Waals surface area contributed by atoms with Gasteiger partial charge >= 0.3 is 5.97 Å². The van der Waals surface area contributed by atoms with E-state index in [-0.39, 0.29) is 65.6 Å². The van der Waals surface area contributed by atoms with Gasteiger partial charge in [0, 0.05) is 41.8 Å². The zero-order valence-electron chi connectivity index (χ0n) is 25.9. The maximum absolute atomic E-state index is 15.1. The number of halogens is 1. The van der Waals surface area contributed by atoms with Crippen LogP contribution < -0.4 is 10.9 Å². The number of benzene rings is 1. The predicted octanol–water partition coefficient (Wildman–Crippen LogP) is 4.81. The standard InChI is InChI=1S/C34H38FN3O6/c1-6-34(43)22-12-26-30-20(15-38(26)31(41)21(22)16-44-32(34)42)29-24(36-27(40)9-7-8-18(39)14-33(3,4)5)11-10-19-17(2)23(35)13-25(37-30)28(19)29/h12-13,24,43H,6-11,14-16H2,1-5H3,(H,36,40)/t24-,34-/m0/s1. The minimum Gasteiger partial charge on any atom is -0.458 e. The molecule has 0 unspecified atom stereocenters. The zero-order valence-corrected chi connectivity index (χ0v) is 25.9. The number of rotatable bonds is 7. The minimum absolute atomic E-state index is 0.0226. The topological polar surface area (TPSA) is 128 Å². The monoisotopic (exact) mass is 603 g/mol. The number of nitrogens with zero attached hydrogens (tertiary/aromatic N) is 2. The first-order valence-electron chi connectivity index (χ1n) is 15.4. The van der Waals surface area contributed by atoms with E-state index in [1.165, 1.54) is 6.07 Å². The van der Waals surface area contributed by atoms with Crippen molar-refractivity contribution in [3.63, 3.8) is 0 Å². The van der Waals surface area contributed by atoms with Crippen molar-refractivity contribution in [2.45, 2.75) is 104 Å². The fourth-order valence-corrected chi connectivity index (χ4v) is 7.09. The Morgan fingerprint density at radius 1 is 1.18 bits per heavy atom. The van der Waals surface area contributed by atoms with Gasteiger partial charge in [0.15, 0.2) is 5.60 Å². The summed E-state index contributed by atoms with van der Waals surface area (Å²) in [5.41, 5.74) is 2.24. The molecular formula is C34H38FN3O6. The van der Waals surface area contributed by atoms with E-state index < -0.39 is 17.6 Å². The van der Waals surface area contributed by atoms with Gasteiger partial charge in [0.1, 0.15) is 18.2 Å². The van der Waals surface area contributed by atoms with Crippen molar-refractivity contribution in [2.24, 2.45) is 5.41 Å². The molecule has 0 spiro atoms. The summed E-state index contributed by atoms with van der Waals surface area (Å²) in [6.07, 6.45) is 2.56. The first kappa shape index (κ1) is 30.1. The van der Waals surface area contributed by atoms with Gasteiger partial charge in [-0.15, -0.1) is 0 Å². The number of hydrogen-bond donors (Lipinski definition) is 2. The Morgan fingerprint density at radius 2 is 1.93 bits per heavy atom. The van der Waals surface area contributed by atoms with Crippen molar-refractivity contribution < 1.29 is 28.6 Å². The van der Waals surface area contributed by atoms with Crippen LogP contribution in [0, 0.1) is 18.2 Å². The minimum atomic E-state index is -1.96. The highest BCUT2D eigenvalue weighted by molar-refractivity contribution is 5.94. The summed E-state index contributed by atoms with van der Waals surface area (Å²) >= 11 is 0. The van der Waals surface area contributed by atoms with E-state index in [0.717, 1.165) is 22.1 Å². The molecule has 0 bridgehead atoms. The number of cyclic esters (lactones) is 1. The van der Waals surface area contributed by atoms with Crippen molar-refractivity contribution in [3.8, 4) is 11.4 Å². The number of pyridine rings is 2. The molecule has 10 heteroatoms.